The average molecular weight is 558 g/mol. The van der Waals surface area contributed by atoms with Gasteiger partial charge in [-0.1, -0.05) is 19.1 Å². The Morgan fingerprint density at radius 1 is 0.972 bits per heavy atom. The van der Waals surface area contributed by atoms with E-state index in [-0.39, 0.29) is 37.2 Å². The maximum atomic E-state index is 5.52. The van der Waals surface area contributed by atoms with Crippen LogP contribution in [0, 0.1) is 0 Å². The highest BCUT2D eigenvalue weighted by molar-refractivity contribution is 5.90. The van der Waals surface area contributed by atoms with Gasteiger partial charge in [0.2, 0.25) is 5.95 Å². The summed E-state index contributed by atoms with van der Waals surface area (Å²) >= 11 is 0. The molecule has 1 fully saturated rings. The van der Waals surface area contributed by atoms with Crippen LogP contribution in [-0.2, 0) is 6.54 Å². The van der Waals surface area contributed by atoms with Crippen molar-refractivity contribution in [2.45, 2.75) is 51.2 Å². The van der Waals surface area contributed by atoms with E-state index in [0.29, 0.717) is 18.0 Å². The average Bonchev–Trinajstić information content (AvgIpc) is 2.83. The number of methoxy groups -OCH3 is 1. The summed E-state index contributed by atoms with van der Waals surface area (Å²) in [5, 5.41) is 11.6. The van der Waals surface area contributed by atoms with Crippen LogP contribution < -0.4 is 20.7 Å². The van der Waals surface area contributed by atoms with E-state index in [4.69, 9.17) is 14.7 Å². The molecule has 0 spiro atoms. The molecule has 1 saturated carbocycles. The molecule has 1 aliphatic carbocycles. The molecule has 0 atom stereocenters. The fraction of sp³-hybridized carbons (Fsp3) is 0.462. The lowest BCUT2D eigenvalue weighted by molar-refractivity contribution is 0.221. The number of nitrogens with zero attached hydrogens (tertiary/aromatic N) is 3. The number of hydrogen-bond donors (Lipinski definition) is 3. The molecule has 10 heteroatoms. The Labute approximate surface area is 233 Å². The van der Waals surface area contributed by atoms with E-state index in [0.717, 1.165) is 59.7 Å². The number of ether oxygens (including phenoxy) is 1. The first kappa shape index (κ1) is 32.0. The van der Waals surface area contributed by atoms with E-state index < -0.39 is 0 Å². The minimum atomic E-state index is 0. The Morgan fingerprint density at radius 2 is 1.69 bits per heavy atom. The standard InChI is InChI=1S/C26H36N6O.3ClH/c1-5-27-17-18-16-20(12-15-24(18)33-4)29-26-30-23-9-7-6-8-22(23)25(31-26)28-19-10-13-21(14-11-19)32(2)3;;;/h6-9,12,15-16,19,21,27H,5,10-11,13-14,17H2,1-4H3,(H2,28,29,30,31);3*1H. The van der Waals surface area contributed by atoms with Crippen LogP contribution in [0.4, 0.5) is 17.5 Å². The maximum absolute atomic E-state index is 5.52. The topological polar surface area (TPSA) is 74.3 Å². The van der Waals surface area contributed by atoms with Crippen molar-refractivity contribution >= 4 is 65.6 Å². The van der Waals surface area contributed by atoms with Crippen LogP contribution in [0.15, 0.2) is 42.5 Å². The van der Waals surface area contributed by atoms with Crippen molar-refractivity contribution < 1.29 is 4.74 Å². The predicted molar refractivity (Wildman–Crippen MR) is 158 cm³/mol. The normalized spacial score (nSPS) is 16.9. The zero-order valence-electron chi connectivity index (χ0n) is 21.4. The molecule has 0 aliphatic heterocycles. The van der Waals surface area contributed by atoms with Gasteiger partial charge >= 0.3 is 0 Å². The minimum Gasteiger partial charge on any atom is -0.496 e. The molecule has 4 rings (SSSR count). The Morgan fingerprint density at radius 3 is 2.36 bits per heavy atom. The molecule has 0 radical (unpaired) electrons. The van der Waals surface area contributed by atoms with Gasteiger partial charge in [-0.05, 0) is 76.7 Å². The SMILES string of the molecule is CCNCc1cc(Nc2nc(NC3CCC(N(C)C)CC3)c3ccccc3n2)ccc1OC.Cl.Cl.Cl. The molecular weight excluding hydrogens is 519 g/mol. The van der Waals surface area contributed by atoms with Crippen molar-refractivity contribution in [3.05, 3.63) is 48.0 Å². The van der Waals surface area contributed by atoms with Crippen LogP contribution in [0.2, 0.25) is 0 Å². The summed E-state index contributed by atoms with van der Waals surface area (Å²) in [5.74, 6) is 2.37. The quantitative estimate of drug-likeness (QED) is 0.296. The molecular formula is C26H39Cl3N6O. The largest absolute Gasteiger partial charge is 0.496 e. The number of fused-ring (bicyclic) bond motifs is 1. The second kappa shape index (κ2) is 15.3. The minimum absolute atomic E-state index is 0. The summed E-state index contributed by atoms with van der Waals surface area (Å²) in [6, 6.07) is 15.4. The molecule has 1 heterocycles. The van der Waals surface area contributed by atoms with E-state index in [1.54, 1.807) is 7.11 Å². The first-order valence-electron chi connectivity index (χ1n) is 11.9. The van der Waals surface area contributed by atoms with E-state index in [2.05, 4.69) is 54.0 Å². The molecule has 1 aromatic heterocycles. The van der Waals surface area contributed by atoms with Crippen LogP contribution in [0.1, 0.15) is 38.2 Å². The van der Waals surface area contributed by atoms with E-state index in [1.807, 2.05) is 30.3 Å². The first-order valence-corrected chi connectivity index (χ1v) is 11.9. The molecule has 0 unspecified atom stereocenters. The van der Waals surface area contributed by atoms with Crippen LogP contribution in [-0.4, -0.2) is 54.7 Å². The highest BCUT2D eigenvalue weighted by atomic mass is 35.5. The number of para-hydroxylation sites is 1. The van der Waals surface area contributed by atoms with E-state index in [9.17, 15) is 0 Å². The van der Waals surface area contributed by atoms with E-state index in [1.165, 1.54) is 12.8 Å². The second-order valence-corrected chi connectivity index (χ2v) is 8.96. The lowest BCUT2D eigenvalue weighted by Crippen LogP contribution is -2.36. The summed E-state index contributed by atoms with van der Waals surface area (Å²) in [6.45, 7) is 3.75. The number of rotatable bonds is 9. The van der Waals surface area contributed by atoms with Crippen molar-refractivity contribution in [1.82, 2.24) is 20.2 Å². The summed E-state index contributed by atoms with van der Waals surface area (Å²) in [5.41, 5.74) is 2.97. The van der Waals surface area contributed by atoms with Gasteiger partial charge in [-0.25, -0.2) is 4.98 Å². The molecule has 0 bridgehead atoms. The third-order valence-corrected chi connectivity index (χ3v) is 6.47. The fourth-order valence-electron chi connectivity index (χ4n) is 4.56. The molecule has 2 aromatic carbocycles. The first-order chi connectivity index (χ1) is 16.1. The Bertz CT molecular complexity index is 1080. The molecule has 200 valence electrons. The Balaban J connectivity index is 0.00000216. The predicted octanol–water partition coefficient (Wildman–Crippen LogP) is 6.04. The summed E-state index contributed by atoms with van der Waals surface area (Å²) in [4.78, 5) is 12.0. The van der Waals surface area contributed by atoms with Gasteiger partial charge in [-0.15, -0.1) is 37.2 Å². The monoisotopic (exact) mass is 556 g/mol. The van der Waals surface area contributed by atoms with Crippen LogP contribution in [0.3, 0.4) is 0 Å². The fourth-order valence-corrected chi connectivity index (χ4v) is 4.56. The number of aromatic nitrogens is 2. The van der Waals surface area contributed by atoms with Crippen molar-refractivity contribution in [2.75, 3.05) is 38.4 Å². The van der Waals surface area contributed by atoms with Gasteiger partial charge < -0.3 is 25.6 Å². The smallest absolute Gasteiger partial charge is 0.229 e. The van der Waals surface area contributed by atoms with Crippen LogP contribution in [0.5, 0.6) is 5.75 Å². The maximum Gasteiger partial charge on any atom is 0.229 e. The van der Waals surface area contributed by atoms with Gasteiger partial charge in [0.1, 0.15) is 11.6 Å². The Kier molecular flexibility index (Phi) is 13.6. The summed E-state index contributed by atoms with van der Waals surface area (Å²) in [6.07, 6.45) is 4.71. The van der Waals surface area contributed by atoms with Crippen LogP contribution in [0.25, 0.3) is 10.9 Å². The van der Waals surface area contributed by atoms with Gasteiger partial charge in [0.25, 0.3) is 0 Å². The Hall–Kier alpha value is -2.03. The van der Waals surface area contributed by atoms with Crippen LogP contribution >= 0.6 is 37.2 Å². The van der Waals surface area contributed by atoms with Crippen molar-refractivity contribution in [3.8, 4) is 5.75 Å². The van der Waals surface area contributed by atoms with Crippen molar-refractivity contribution in [1.29, 1.82) is 0 Å². The van der Waals surface area contributed by atoms with Gasteiger partial charge in [0.05, 0.1) is 12.6 Å². The molecule has 7 nitrogen and oxygen atoms in total. The number of halogens is 3. The van der Waals surface area contributed by atoms with Gasteiger partial charge in [0, 0.05) is 35.3 Å². The number of anilines is 3. The number of hydrogen-bond acceptors (Lipinski definition) is 7. The molecule has 3 aromatic rings. The van der Waals surface area contributed by atoms with Crippen molar-refractivity contribution in [3.63, 3.8) is 0 Å². The summed E-state index contributed by atoms with van der Waals surface area (Å²) in [7, 11) is 6.06. The molecule has 0 saturated heterocycles. The third kappa shape index (κ3) is 7.98. The number of nitrogens with one attached hydrogen (secondary N) is 3. The van der Waals surface area contributed by atoms with Crippen molar-refractivity contribution in [2.24, 2.45) is 0 Å². The molecule has 3 N–H and O–H groups in total. The van der Waals surface area contributed by atoms with Gasteiger partial charge in [-0.2, -0.15) is 4.98 Å². The van der Waals surface area contributed by atoms with E-state index >= 15 is 0 Å². The third-order valence-electron chi connectivity index (χ3n) is 6.47. The number of benzene rings is 2. The van der Waals surface area contributed by atoms with Gasteiger partial charge in [0.15, 0.2) is 0 Å². The molecule has 1 aliphatic rings. The molecule has 0 amide bonds. The lowest BCUT2D eigenvalue weighted by Gasteiger charge is -2.33. The highest BCUT2D eigenvalue weighted by Gasteiger charge is 2.23. The zero-order chi connectivity index (χ0) is 23.2. The summed E-state index contributed by atoms with van der Waals surface area (Å²) < 4.78 is 5.52. The molecule has 36 heavy (non-hydrogen) atoms. The second-order valence-electron chi connectivity index (χ2n) is 8.96. The highest BCUT2D eigenvalue weighted by Crippen LogP contribution is 2.29. The lowest BCUT2D eigenvalue weighted by atomic mass is 9.90. The zero-order valence-corrected chi connectivity index (χ0v) is 23.9. The van der Waals surface area contributed by atoms with Gasteiger partial charge in [-0.3, -0.25) is 0 Å².